The van der Waals surface area contributed by atoms with Crippen LogP contribution in [0, 0.1) is 0 Å². The summed E-state index contributed by atoms with van der Waals surface area (Å²) in [6, 6.07) is 7.19. The van der Waals surface area contributed by atoms with Crippen LogP contribution in [0.1, 0.15) is 51.0 Å². The molecule has 1 N–H and O–H groups in total. The van der Waals surface area contributed by atoms with E-state index in [0.717, 1.165) is 50.3 Å². The van der Waals surface area contributed by atoms with Gasteiger partial charge in [-0.15, -0.1) is 0 Å². The second-order valence-electron chi connectivity index (χ2n) is 6.83. The van der Waals surface area contributed by atoms with Crippen LogP contribution in [-0.4, -0.2) is 41.9 Å². The van der Waals surface area contributed by atoms with Crippen molar-refractivity contribution in [1.82, 2.24) is 4.90 Å². The first-order valence-electron chi connectivity index (χ1n) is 8.95. The van der Waals surface area contributed by atoms with Gasteiger partial charge in [0.2, 0.25) is 0 Å². The van der Waals surface area contributed by atoms with Crippen LogP contribution in [0.25, 0.3) is 0 Å². The van der Waals surface area contributed by atoms with Crippen molar-refractivity contribution in [3.63, 3.8) is 0 Å². The molecule has 2 aliphatic heterocycles. The SMILES string of the molecule is CCCCOc1c(CN2[C@@H]3CC[C@H]2CC(O)C3)cccc1OC. The fourth-order valence-corrected chi connectivity index (χ4v) is 4.03. The maximum absolute atomic E-state index is 9.98. The molecule has 0 aliphatic carbocycles. The van der Waals surface area contributed by atoms with Gasteiger partial charge in [0, 0.05) is 24.2 Å². The molecule has 0 aromatic heterocycles. The zero-order valence-electron chi connectivity index (χ0n) is 14.3. The molecule has 0 radical (unpaired) electrons. The quantitative estimate of drug-likeness (QED) is 0.783. The molecule has 23 heavy (non-hydrogen) atoms. The molecule has 2 heterocycles. The van der Waals surface area contributed by atoms with Crippen molar-refractivity contribution in [3.8, 4) is 11.5 Å². The summed E-state index contributed by atoms with van der Waals surface area (Å²) < 4.78 is 11.6. The van der Waals surface area contributed by atoms with Gasteiger partial charge < -0.3 is 14.6 Å². The van der Waals surface area contributed by atoms with E-state index in [-0.39, 0.29) is 6.10 Å². The second-order valence-corrected chi connectivity index (χ2v) is 6.83. The van der Waals surface area contributed by atoms with Crippen molar-refractivity contribution < 1.29 is 14.6 Å². The zero-order valence-corrected chi connectivity index (χ0v) is 14.3. The first-order valence-corrected chi connectivity index (χ1v) is 8.95. The van der Waals surface area contributed by atoms with Crippen LogP contribution in [-0.2, 0) is 6.54 Å². The molecule has 3 rings (SSSR count). The van der Waals surface area contributed by atoms with E-state index in [0.29, 0.717) is 12.1 Å². The Morgan fingerprint density at radius 3 is 2.61 bits per heavy atom. The molecule has 2 saturated heterocycles. The standard InChI is InChI=1S/C19H29NO3/c1-3-4-10-23-19-14(6-5-7-18(19)22-2)13-20-15-8-9-16(20)12-17(21)11-15/h5-7,15-17,21H,3-4,8-13H2,1-2H3/t15-,16+,17?. The Balaban J connectivity index is 1.76. The van der Waals surface area contributed by atoms with Crippen LogP contribution >= 0.6 is 0 Å². The highest BCUT2D eigenvalue weighted by molar-refractivity contribution is 5.46. The molecular formula is C19H29NO3. The third-order valence-corrected chi connectivity index (χ3v) is 5.24. The number of unbranched alkanes of at least 4 members (excludes halogenated alkanes) is 1. The maximum Gasteiger partial charge on any atom is 0.165 e. The number of ether oxygens (including phenoxy) is 2. The minimum Gasteiger partial charge on any atom is -0.493 e. The van der Waals surface area contributed by atoms with Crippen LogP contribution in [0.4, 0.5) is 0 Å². The lowest BCUT2D eigenvalue weighted by Gasteiger charge is -2.37. The van der Waals surface area contributed by atoms with Crippen molar-refractivity contribution in [1.29, 1.82) is 0 Å². The number of aliphatic hydroxyl groups excluding tert-OH is 1. The number of nitrogens with zero attached hydrogens (tertiary/aromatic N) is 1. The van der Waals surface area contributed by atoms with Gasteiger partial charge in [-0.25, -0.2) is 0 Å². The summed E-state index contributed by atoms with van der Waals surface area (Å²) in [5.41, 5.74) is 1.20. The van der Waals surface area contributed by atoms with Crippen LogP contribution in [0.15, 0.2) is 18.2 Å². The fraction of sp³-hybridized carbons (Fsp3) is 0.684. The monoisotopic (exact) mass is 319 g/mol. The van der Waals surface area contributed by atoms with Crippen LogP contribution < -0.4 is 9.47 Å². The van der Waals surface area contributed by atoms with Crippen LogP contribution in [0.3, 0.4) is 0 Å². The van der Waals surface area contributed by atoms with Gasteiger partial charge in [-0.3, -0.25) is 4.90 Å². The zero-order chi connectivity index (χ0) is 16.2. The van der Waals surface area contributed by atoms with Gasteiger partial charge in [0.15, 0.2) is 11.5 Å². The van der Waals surface area contributed by atoms with Crippen molar-refractivity contribution >= 4 is 0 Å². The van der Waals surface area contributed by atoms with Crippen LogP contribution in [0.2, 0.25) is 0 Å². The third-order valence-electron chi connectivity index (χ3n) is 5.24. The highest BCUT2D eigenvalue weighted by Gasteiger charge is 2.40. The Bertz CT molecular complexity index is 505. The molecule has 0 amide bonds. The first-order chi connectivity index (χ1) is 11.2. The third kappa shape index (κ3) is 3.64. The lowest BCUT2D eigenvalue weighted by atomic mass is 9.99. The van der Waals surface area contributed by atoms with E-state index in [2.05, 4.69) is 17.9 Å². The highest BCUT2D eigenvalue weighted by Crippen LogP contribution is 2.39. The normalized spacial score (nSPS) is 27.2. The fourth-order valence-electron chi connectivity index (χ4n) is 4.03. The van der Waals surface area contributed by atoms with Gasteiger partial charge in [0.1, 0.15) is 0 Å². The molecular weight excluding hydrogens is 290 g/mol. The topological polar surface area (TPSA) is 41.9 Å². The summed E-state index contributed by atoms with van der Waals surface area (Å²) in [5.74, 6) is 1.72. The van der Waals surface area contributed by atoms with Gasteiger partial charge in [-0.1, -0.05) is 25.5 Å². The van der Waals surface area contributed by atoms with E-state index in [1.165, 1.54) is 18.4 Å². The Labute approximate surface area is 139 Å². The molecule has 1 aromatic rings. The summed E-state index contributed by atoms with van der Waals surface area (Å²) in [4.78, 5) is 2.56. The minimum absolute atomic E-state index is 0.116. The lowest BCUT2D eigenvalue weighted by molar-refractivity contribution is 0.0305. The smallest absolute Gasteiger partial charge is 0.165 e. The Kier molecular flexibility index (Phi) is 5.44. The Hall–Kier alpha value is -1.26. The Morgan fingerprint density at radius 1 is 1.22 bits per heavy atom. The van der Waals surface area contributed by atoms with Gasteiger partial charge in [0.25, 0.3) is 0 Å². The lowest BCUT2D eigenvalue weighted by Crippen LogP contribution is -2.44. The molecule has 128 valence electrons. The summed E-state index contributed by atoms with van der Waals surface area (Å²) in [7, 11) is 1.70. The maximum atomic E-state index is 9.98. The van der Waals surface area contributed by atoms with Gasteiger partial charge >= 0.3 is 0 Å². The predicted molar refractivity (Wildman–Crippen MR) is 91.0 cm³/mol. The molecule has 2 fully saturated rings. The highest BCUT2D eigenvalue weighted by atomic mass is 16.5. The van der Waals surface area contributed by atoms with E-state index in [4.69, 9.17) is 9.47 Å². The average Bonchev–Trinajstić information content (AvgIpc) is 2.79. The van der Waals surface area contributed by atoms with Gasteiger partial charge in [-0.05, 0) is 38.2 Å². The molecule has 4 nitrogen and oxygen atoms in total. The predicted octanol–water partition coefficient (Wildman–Crippen LogP) is 3.36. The van der Waals surface area contributed by atoms with E-state index in [1.807, 2.05) is 12.1 Å². The van der Waals surface area contributed by atoms with E-state index in [1.54, 1.807) is 7.11 Å². The van der Waals surface area contributed by atoms with Crippen molar-refractivity contribution in [3.05, 3.63) is 23.8 Å². The van der Waals surface area contributed by atoms with Crippen molar-refractivity contribution in [2.45, 2.75) is 70.2 Å². The number of fused-ring (bicyclic) bond motifs is 2. The molecule has 2 bridgehead atoms. The summed E-state index contributed by atoms with van der Waals surface area (Å²) in [6.45, 7) is 3.79. The second kappa shape index (κ2) is 7.54. The van der Waals surface area contributed by atoms with Gasteiger partial charge in [0.05, 0.1) is 19.8 Å². The molecule has 3 atom stereocenters. The number of benzene rings is 1. The first kappa shape index (κ1) is 16.6. The molecule has 1 unspecified atom stereocenters. The summed E-state index contributed by atoms with van der Waals surface area (Å²) in [5, 5.41) is 9.98. The van der Waals surface area contributed by atoms with E-state index >= 15 is 0 Å². The molecule has 0 spiro atoms. The number of hydrogen-bond donors (Lipinski definition) is 1. The number of methoxy groups -OCH3 is 1. The summed E-state index contributed by atoms with van der Waals surface area (Å²) >= 11 is 0. The number of para-hydroxylation sites is 1. The van der Waals surface area contributed by atoms with Gasteiger partial charge in [-0.2, -0.15) is 0 Å². The molecule has 2 aliphatic rings. The molecule has 1 aromatic carbocycles. The average molecular weight is 319 g/mol. The Morgan fingerprint density at radius 2 is 1.96 bits per heavy atom. The van der Waals surface area contributed by atoms with Crippen LogP contribution in [0.5, 0.6) is 11.5 Å². The molecule has 0 saturated carbocycles. The summed E-state index contributed by atoms with van der Waals surface area (Å²) in [6.07, 6.45) is 6.29. The van der Waals surface area contributed by atoms with E-state index in [9.17, 15) is 5.11 Å². The molecule has 4 heteroatoms. The largest absolute Gasteiger partial charge is 0.493 e. The van der Waals surface area contributed by atoms with Crippen molar-refractivity contribution in [2.75, 3.05) is 13.7 Å². The number of piperidine rings is 1. The van der Waals surface area contributed by atoms with Crippen molar-refractivity contribution in [2.24, 2.45) is 0 Å². The van der Waals surface area contributed by atoms with E-state index < -0.39 is 0 Å². The minimum atomic E-state index is -0.116. The number of aliphatic hydroxyl groups is 1. The number of rotatable bonds is 7. The number of hydrogen-bond acceptors (Lipinski definition) is 4.